The predicted molar refractivity (Wildman–Crippen MR) is 270 cm³/mol. The molecule has 0 saturated carbocycles. The lowest BCUT2D eigenvalue weighted by molar-refractivity contribution is 1.18. The predicted octanol–water partition coefficient (Wildman–Crippen LogP) is 17.3. The monoisotopic (exact) mass is 820 g/mol. The van der Waals surface area contributed by atoms with Crippen LogP contribution < -0.4 is 4.90 Å². The molecule has 2 nitrogen and oxygen atoms in total. The summed E-state index contributed by atoms with van der Waals surface area (Å²) in [6.07, 6.45) is 0. The standard InChI is InChI=1S/C60H40N2S/c1-3-17-43(18-4-1)47-21-7-8-24-51(47)59-48(44-19-5-2-6-20-44)26-15-29-55(59)62(56-30-16-32-58-60(56)52-25-11-14-31-57(52)63-58)46-39-35-42(36-40-46)41-33-37-45(38-34-41)61-53-27-12-9-22-49(53)50-23-10-13-28-54(50)61/h1-40H. The first kappa shape index (κ1) is 36.8. The first-order chi connectivity index (χ1) is 31.3. The molecule has 0 bridgehead atoms. The van der Waals surface area contributed by atoms with Gasteiger partial charge in [0.1, 0.15) is 0 Å². The molecule has 12 aromatic rings. The highest BCUT2D eigenvalue weighted by atomic mass is 32.1. The third-order valence-electron chi connectivity index (χ3n) is 12.4. The summed E-state index contributed by atoms with van der Waals surface area (Å²) in [4.78, 5) is 2.50. The maximum Gasteiger partial charge on any atom is 0.0555 e. The highest BCUT2D eigenvalue weighted by molar-refractivity contribution is 7.26. The Morgan fingerprint density at radius 1 is 0.317 bits per heavy atom. The van der Waals surface area contributed by atoms with Gasteiger partial charge in [0.05, 0.1) is 22.4 Å². The summed E-state index contributed by atoms with van der Waals surface area (Å²) in [7, 11) is 0. The molecule has 0 N–H and O–H groups in total. The Morgan fingerprint density at radius 3 is 1.49 bits per heavy atom. The number of hydrogen-bond donors (Lipinski definition) is 0. The summed E-state index contributed by atoms with van der Waals surface area (Å²) in [6, 6.07) is 88.4. The van der Waals surface area contributed by atoms with E-state index in [4.69, 9.17) is 0 Å². The number of aromatic nitrogens is 1. The maximum absolute atomic E-state index is 2.50. The summed E-state index contributed by atoms with van der Waals surface area (Å²) >= 11 is 1.86. The molecule has 63 heavy (non-hydrogen) atoms. The van der Waals surface area contributed by atoms with Crippen LogP contribution in [0.15, 0.2) is 243 Å². The normalized spacial score (nSPS) is 11.5. The van der Waals surface area contributed by atoms with E-state index in [0.29, 0.717) is 0 Å². The number of nitrogens with zero attached hydrogens (tertiary/aromatic N) is 2. The molecule has 0 unspecified atom stereocenters. The zero-order valence-corrected chi connectivity index (χ0v) is 35.2. The average molecular weight is 821 g/mol. The molecule has 0 radical (unpaired) electrons. The summed E-state index contributed by atoms with van der Waals surface area (Å²) in [6.45, 7) is 0. The first-order valence-electron chi connectivity index (χ1n) is 21.5. The van der Waals surface area contributed by atoms with Gasteiger partial charge >= 0.3 is 0 Å². The van der Waals surface area contributed by atoms with Crippen LogP contribution in [0.2, 0.25) is 0 Å². The number of hydrogen-bond acceptors (Lipinski definition) is 2. The molecule has 0 aliphatic carbocycles. The van der Waals surface area contributed by atoms with Crippen LogP contribution in [0.5, 0.6) is 0 Å². The second kappa shape index (κ2) is 15.5. The zero-order valence-electron chi connectivity index (χ0n) is 34.4. The van der Waals surface area contributed by atoms with Crippen molar-refractivity contribution in [2.75, 3.05) is 4.90 Å². The average Bonchev–Trinajstić information content (AvgIpc) is 3.91. The Labute approximate surface area is 370 Å². The van der Waals surface area contributed by atoms with E-state index >= 15 is 0 Å². The van der Waals surface area contributed by atoms with E-state index in [2.05, 4.69) is 252 Å². The van der Waals surface area contributed by atoms with Crippen molar-refractivity contribution in [2.45, 2.75) is 0 Å². The van der Waals surface area contributed by atoms with Gasteiger partial charge in [-0.05, 0) is 99.6 Å². The summed E-state index contributed by atoms with van der Waals surface area (Å²) in [5, 5.41) is 5.06. The molecule has 0 amide bonds. The van der Waals surface area contributed by atoms with Crippen molar-refractivity contribution < 1.29 is 0 Å². The number of anilines is 3. The van der Waals surface area contributed by atoms with Crippen LogP contribution in [0.4, 0.5) is 17.1 Å². The topological polar surface area (TPSA) is 8.17 Å². The molecule has 12 rings (SSSR count). The Morgan fingerprint density at radius 2 is 0.810 bits per heavy atom. The molecule has 296 valence electrons. The number of thiophene rings is 1. The van der Waals surface area contributed by atoms with Crippen molar-refractivity contribution in [3.05, 3.63) is 243 Å². The van der Waals surface area contributed by atoms with E-state index in [1.54, 1.807) is 0 Å². The van der Waals surface area contributed by atoms with Crippen LogP contribution in [0.25, 0.3) is 92.2 Å². The molecular weight excluding hydrogens is 781 g/mol. The minimum Gasteiger partial charge on any atom is -0.309 e. The van der Waals surface area contributed by atoms with Crippen LogP contribution in [0, 0.1) is 0 Å². The minimum atomic E-state index is 1.09. The molecule has 0 spiro atoms. The second-order valence-electron chi connectivity index (χ2n) is 16.0. The molecule has 0 fully saturated rings. The van der Waals surface area contributed by atoms with Gasteiger partial charge in [0, 0.05) is 47.9 Å². The Bertz CT molecular complexity index is 3550. The van der Waals surface area contributed by atoms with E-state index in [9.17, 15) is 0 Å². The van der Waals surface area contributed by atoms with Gasteiger partial charge in [-0.25, -0.2) is 0 Å². The van der Waals surface area contributed by atoms with Crippen LogP contribution in [-0.4, -0.2) is 4.57 Å². The largest absolute Gasteiger partial charge is 0.309 e. The fourth-order valence-electron chi connectivity index (χ4n) is 9.60. The van der Waals surface area contributed by atoms with Crippen LogP contribution >= 0.6 is 11.3 Å². The van der Waals surface area contributed by atoms with Crippen LogP contribution in [-0.2, 0) is 0 Å². The lowest BCUT2D eigenvalue weighted by atomic mass is 9.87. The number of para-hydroxylation sites is 2. The quantitative estimate of drug-likeness (QED) is 0.148. The fraction of sp³-hybridized carbons (Fsp3) is 0. The maximum atomic E-state index is 2.50. The molecule has 2 aromatic heterocycles. The van der Waals surface area contributed by atoms with Gasteiger partial charge in [0.25, 0.3) is 0 Å². The SMILES string of the molecule is c1ccc(-c2ccccc2-c2c(-c3ccccc3)cccc2N(c2ccc(-c3ccc(-n4c5ccccc5c5ccccc54)cc3)cc2)c2cccc3sc4ccccc4c23)cc1. The molecule has 3 heteroatoms. The van der Waals surface area contributed by atoms with Gasteiger partial charge in [0.15, 0.2) is 0 Å². The van der Waals surface area contributed by atoms with Crippen molar-refractivity contribution in [1.82, 2.24) is 4.57 Å². The van der Waals surface area contributed by atoms with Crippen molar-refractivity contribution in [2.24, 2.45) is 0 Å². The Balaban J connectivity index is 1.05. The van der Waals surface area contributed by atoms with E-state index in [1.165, 1.54) is 86.5 Å². The van der Waals surface area contributed by atoms with Crippen LogP contribution in [0.3, 0.4) is 0 Å². The zero-order chi connectivity index (χ0) is 41.7. The summed E-state index contributed by atoms with van der Waals surface area (Å²) < 4.78 is 4.93. The Hall–Kier alpha value is -7.98. The van der Waals surface area contributed by atoms with E-state index in [0.717, 1.165) is 22.7 Å². The highest BCUT2D eigenvalue weighted by Gasteiger charge is 2.25. The molecule has 0 aliphatic rings. The minimum absolute atomic E-state index is 1.09. The smallest absolute Gasteiger partial charge is 0.0555 e. The third-order valence-corrected chi connectivity index (χ3v) is 13.6. The van der Waals surface area contributed by atoms with E-state index < -0.39 is 0 Å². The molecule has 10 aromatic carbocycles. The number of fused-ring (bicyclic) bond motifs is 6. The van der Waals surface area contributed by atoms with Crippen molar-refractivity contribution in [3.8, 4) is 50.2 Å². The van der Waals surface area contributed by atoms with Crippen LogP contribution in [0.1, 0.15) is 0 Å². The van der Waals surface area contributed by atoms with E-state index in [-0.39, 0.29) is 0 Å². The Kier molecular flexibility index (Phi) is 9.06. The van der Waals surface area contributed by atoms with Gasteiger partial charge in [-0.2, -0.15) is 0 Å². The number of benzene rings is 10. The van der Waals surface area contributed by atoms with Gasteiger partial charge < -0.3 is 9.47 Å². The van der Waals surface area contributed by atoms with Gasteiger partial charge in [-0.3, -0.25) is 0 Å². The summed E-state index contributed by atoms with van der Waals surface area (Å²) in [5.74, 6) is 0. The third kappa shape index (κ3) is 6.33. The highest BCUT2D eigenvalue weighted by Crippen LogP contribution is 2.51. The lowest BCUT2D eigenvalue weighted by Crippen LogP contribution is -2.12. The fourth-order valence-corrected chi connectivity index (χ4v) is 10.7. The molecule has 0 saturated heterocycles. The van der Waals surface area contributed by atoms with Crippen molar-refractivity contribution in [1.29, 1.82) is 0 Å². The molecule has 0 atom stereocenters. The van der Waals surface area contributed by atoms with Gasteiger partial charge in [-0.15, -0.1) is 11.3 Å². The number of rotatable bonds is 8. The van der Waals surface area contributed by atoms with Gasteiger partial charge in [0.2, 0.25) is 0 Å². The first-order valence-corrected chi connectivity index (χ1v) is 22.3. The molecule has 0 aliphatic heterocycles. The summed E-state index contributed by atoms with van der Waals surface area (Å²) in [5.41, 5.74) is 16.4. The second-order valence-corrected chi connectivity index (χ2v) is 17.1. The van der Waals surface area contributed by atoms with Crippen molar-refractivity contribution in [3.63, 3.8) is 0 Å². The molecular formula is C60H40N2S. The molecule has 2 heterocycles. The van der Waals surface area contributed by atoms with E-state index in [1.807, 2.05) is 11.3 Å². The lowest BCUT2D eigenvalue weighted by Gasteiger charge is -2.30. The van der Waals surface area contributed by atoms with Gasteiger partial charge in [-0.1, -0.05) is 182 Å². The van der Waals surface area contributed by atoms with Crippen molar-refractivity contribution >= 4 is 70.4 Å².